The molecule has 1 unspecified atom stereocenters. The number of ether oxygens (including phenoxy) is 1. The Morgan fingerprint density at radius 3 is 2.45 bits per heavy atom. The molecule has 0 aliphatic carbocycles. The standard InChI is InChI=1S/C17H21NO2/c1-12(2)13-5-4-8-16(10-13)20-11-17(19)14-6-3-7-15(18)9-14/h3-10,12,17,19H,11,18H2,1-2H3. The summed E-state index contributed by atoms with van der Waals surface area (Å²) < 4.78 is 5.66. The van der Waals surface area contributed by atoms with Crippen LogP contribution in [0.3, 0.4) is 0 Å². The van der Waals surface area contributed by atoms with Gasteiger partial charge in [-0.1, -0.05) is 38.1 Å². The fourth-order valence-corrected chi connectivity index (χ4v) is 2.00. The van der Waals surface area contributed by atoms with Crippen molar-refractivity contribution in [1.29, 1.82) is 0 Å². The molecule has 0 aromatic heterocycles. The number of nitrogen functional groups attached to an aromatic ring is 1. The molecule has 0 radical (unpaired) electrons. The highest BCUT2D eigenvalue weighted by molar-refractivity contribution is 5.41. The van der Waals surface area contributed by atoms with Crippen LogP contribution in [0.15, 0.2) is 48.5 Å². The quantitative estimate of drug-likeness (QED) is 0.818. The number of nitrogens with two attached hydrogens (primary N) is 1. The van der Waals surface area contributed by atoms with E-state index in [1.807, 2.05) is 30.3 Å². The smallest absolute Gasteiger partial charge is 0.119 e. The molecule has 0 bridgehead atoms. The van der Waals surface area contributed by atoms with Gasteiger partial charge in [-0.25, -0.2) is 0 Å². The van der Waals surface area contributed by atoms with Crippen LogP contribution in [0.1, 0.15) is 37.0 Å². The zero-order valence-corrected chi connectivity index (χ0v) is 11.9. The second kappa shape index (κ2) is 6.44. The molecular formula is C17H21NO2. The lowest BCUT2D eigenvalue weighted by atomic mass is 10.0. The predicted molar refractivity (Wildman–Crippen MR) is 81.8 cm³/mol. The van der Waals surface area contributed by atoms with Crippen LogP contribution in [0.4, 0.5) is 5.69 Å². The van der Waals surface area contributed by atoms with Gasteiger partial charge < -0.3 is 15.6 Å². The Hall–Kier alpha value is -2.00. The van der Waals surface area contributed by atoms with Crippen molar-refractivity contribution in [2.45, 2.75) is 25.9 Å². The van der Waals surface area contributed by atoms with Crippen molar-refractivity contribution >= 4 is 5.69 Å². The SMILES string of the molecule is CC(C)c1cccc(OCC(O)c2cccc(N)c2)c1. The Balaban J connectivity index is 1.99. The first-order valence-electron chi connectivity index (χ1n) is 6.82. The average molecular weight is 271 g/mol. The van der Waals surface area contributed by atoms with E-state index in [2.05, 4.69) is 19.9 Å². The summed E-state index contributed by atoms with van der Waals surface area (Å²) in [6, 6.07) is 15.2. The first-order valence-corrected chi connectivity index (χ1v) is 6.82. The monoisotopic (exact) mass is 271 g/mol. The molecule has 2 aromatic rings. The summed E-state index contributed by atoms with van der Waals surface area (Å²) in [4.78, 5) is 0. The fraction of sp³-hybridized carbons (Fsp3) is 0.294. The summed E-state index contributed by atoms with van der Waals surface area (Å²) in [5.41, 5.74) is 8.34. The number of benzene rings is 2. The van der Waals surface area contributed by atoms with Gasteiger partial charge in [0.15, 0.2) is 0 Å². The molecule has 0 spiro atoms. The molecule has 0 saturated carbocycles. The zero-order chi connectivity index (χ0) is 14.5. The van der Waals surface area contributed by atoms with Gasteiger partial charge in [-0.3, -0.25) is 0 Å². The zero-order valence-electron chi connectivity index (χ0n) is 11.9. The maximum absolute atomic E-state index is 10.1. The van der Waals surface area contributed by atoms with Crippen molar-refractivity contribution in [3.8, 4) is 5.75 Å². The van der Waals surface area contributed by atoms with Crippen molar-refractivity contribution < 1.29 is 9.84 Å². The van der Waals surface area contributed by atoms with Gasteiger partial charge in [0.1, 0.15) is 18.5 Å². The number of hydrogen-bond acceptors (Lipinski definition) is 3. The van der Waals surface area contributed by atoms with Gasteiger partial charge in [0, 0.05) is 5.69 Å². The van der Waals surface area contributed by atoms with E-state index in [9.17, 15) is 5.11 Å². The highest BCUT2D eigenvalue weighted by Gasteiger charge is 2.09. The third-order valence-electron chi connectivity index (χ3n) is 3.23. The molecular weight excluding hydrogens is 250 g/mol. The lowest BCUT2D eigenvalue weighted by Gasteiger charge is -2.14. The first-order chi connectivity index (χ1) is 9.56. The van der Waals surface area contributed by atoms with Crippen molar-refractivity contribution in [2.24, 2.45) is 0 Å². The van der Waals surface area contributed by atoms with Crippen LogP contribution in [-0.4, -0.2) is 11.7 Å². The predicted octanol–water partition coefficient (Wildman–Crippen LogP) is 3.50. The Bertz CT molecular complexity index is 566. The molecule has 2 aromatic carbocycles. The van der Waals surface area contributed by atoms with Gasteiger partial charge in [-0.15, -0.1) is 0 Å². The van der Waals surface area contributed by atoms with Crippen molar-refractivity contribution in [3.63, 3.8) is 0 Å². The van der Waals surface area contributed by atoms with E-state index in [0.717, 1.165) is 11.3 Å². The molecule has 0 fully saturated rings. The Morgan fingerprint density at radius 1 is 1.05 bits per heavy atom. The number of rotatable bonds is 5. The normalized spacial score (nSPS) is 12.4. The van der Waals surface area contributed by atoms with Crippen LogP contribution < -0.4 is 10.5 Å². The minimum absolute atomic E-state index is 0.213. The van der Waals surface area contributed by atoms with Gasteiger partial charge in [0.2, 0.25) is 0 Å². The highest BCUT2D eigenvalue weighted by Crippen LogP contribution is 2.22. The molecule has 0 aliphatic heterocycles. The molecule has 0 heterocycles. The van der Waals surface area contributed by atoms with Crippen LogP contribution in [-0.2, 0) is 0 Å². The molecule has 3 nitrogen and oxygen atoms in total. The molecule has 3 heteroatoms. The van der Waals surface area contributed by atoms with Gasteiger partial charge in [-0.2, -0.15) is 0 Å². The topological polar surface area (TPSA) is 55.5 Å². The van der Waals surface area contributed by atoms with Crippen LogP contribution in [0.25, 0.3) is 0 Å². The van der Waals surface area contributed by atoms with Crippen LogP contribution in [0.2, 0.25) is 0 Å². The number of anilines is 1. The third-order valence-corrected chi connectivity index (χ3v) is 3.23. The Morgan fingerprint density at radius 2 is 1.75 bits per heavy atom. The molecule has 20 heavy (non-hydrogen) atoms. The van der Waals surface area contributed by atoms with Crippen molar-refractivity contribution in [1.82, 2.24) is 0 Å². The maximum Gasteiger partial charge on any atom is 0.119 e. The number of hydrogen-bond donors (Lipinski definition) is 2. The van der Waals surface area contributed by atoms with E-state index in [1.54, 1.807) is 12.1 Å². The lowest BCUT2D eigenvalue weighted by molar-refractivity contribution is 0.108. The average Bonchev–Trinajstić information content (AvgIpc) is 2.45. The molecule has 0 saturated heterocycles. The fourth-order valence-electron chi connectivity index (χ4n) is 2.00. The van der Waals surface area contributed by atoms with E-state index >= 15 is 0 Å². The molecule has 0 aliphatic rings. The van der Waals surface area contributed by atoms with Gasteiger partial charge in [0.25, 0.3) is 0 Å². The maximum atomic E-state index is 10.1. The summed E-state index contributed by atoms with van der Waals surface area (Å²) >= 11 is 0. The van der Waals surface area contributed by atoms with E-state index in [4.69, 9.17) is 10.5 Å². The van der Waals surface area contributed by atoms with Crippen LogP contribution >= 0.6 is 0 Å². The Kier molecular flexibility index (Phi) is 4.64. The summed E-state index contributed by atoms with van der Waals surface area (Å²) in [5.74, 6) is 1.23. The van der Waals surface area contributed by atoms with Crippen LogP contribution in [0, 0.1) is 0 Å². The van der Waals surface area contributed by atoms with Crippen LogP contribution in [0.5, 0.6) is 5.75 Å². The van der Waals surface area contributed by atoms with E-state index in [-0.39, 0.29) is 6.61 Å². The first kappa shape index (κ1) is 14.4. The van der Waals surface area contributed by atoms with Gasteiger partial charge in [-0.05, 0) is 41.3 Å². The highest BCUT2D eigenvalue weighted by atomic mass is 16.5. The lowest BCUT2D eigenvalue weighted by Crippen LogP contribution is -2.10. The number of aliphatic hydroxyl groups is 1. The van der Waals surface area contributed by atoms with E-state index in [0.29, 0.717) is 11.6 Å². The largest absolute Gasteiger partial charge is 0.491 e. The molecule has 2 rings (SSSR count). The second-order valence-electron chi connectivity index (χ2n) is 5.22. The van der Waals surface area contributed by atoms with E-state index in [1.165, 1.54) is 5.56 Å². The summed E-state index contributed by atoms with van der Waals surface area (Å²) in [7, 11) is 0. The number of aliphatic hydroxyl groups excluding tert-OH is 1. The second-order valence-corrected chi connectivity index (χ2v) is 5.22. The van der Waals surface area contributed by atoms with Gasteiger partial charge >= 0.3 is 0 Å². The molecule has 1 atom stereocenters. The third kappa shape index (κ3) is 3.75. The minimum Gasteiger partial charge on any atom is -0.491 e. The summed E-state index contributed by atoms with van der Waals surface area (Å²) in [5, 5.41) is 10.1. The summed E-state index contributed by atoms with van der Waals surface area (Å²) in [6.45, 7) is 4.49. The van der Waals surface area contributed by atoms with Gasteiger partial charge in [0.05, 0.1) is 0 Å². The summed E-state index contributed by atoms with van der Waals surface area (Å²) in [6.07, 6.45) is -0.679. The molecule has 3 N–H and O–H groups in total. The Labute approximate surface area is 120 Å². The minimum atomic E-state index is -0.679. The van der Waals surface area contributed by atoms with Crippen molar-refractivity contribution in [3.05, 3.63) is 59.7 Å². The molecule has 0 amide bonds. The van der Waals surface area contributed by atoms with Crippen molar-refractivity contribution in [2.75, 3.05) is 12.3 Å². The molecule has 106 valence electrons. The van der Waals surface area contributed by atoms with E-state index < -0.39 is 6.10 Å².